The summed E-state index contributed by atoms with van der Waals surface area (Å²) in [6.45, 7) is 0.750. The minimum atomic E-state index is 0. The Kier molecular flexibility index (Phi) is 8010. The monoisotopic (exact) mass is 164 g/mol. The first-order valence-electron chi connectivity index (χ1n) is 0.840. The second-order valence-corrected chi connectivity index (χ2v) is 0. The van der Waals surface area contributed by atoms with Crippen LogP contribution in [0, 0.1) is 7.43 Å². The molecule has 0 spiro atoms. The molecule has 0 aliphatic carbocycles. The van der Waals surface area contributed by atoms with E-state index in [4.69, 9.17) is 9.74 Å². The fourth-order valence-corrected chi connectivity index (χ4v) is 0. The topological polar surface area (TPSA) is 34.1 Å². The van der Waals surface area contributed by atoms with Gasteiger partial charge in [0.05, 0.1) is 0 Å². The van der Waals surface area contributed by atoms with Gasteiger partial charge in [0.2, 0.25) is 0 Å². The Balaban J connectivity index is -0.0000000275. The summed E-state index contributed by atoms with van der Waals surface area (Å²) in [5.41, 5.74) is 0. The quantitative estimate of drug-likeness (QED) is 0.288. The van der Waals surface area contributed by atoms with Crippen molar-refractivity contribution in [2.75, 3.05) is 0 Å². The van der Waals surface area contributed by atoms with E-state index in [0.717, 1.165) is 6.77 Å². The standard InChI is InChI=1S/CHO.CH3.O.Rh/c1-2;;;/h1H;1H3;;/q2*-1;;/i1D;;;. The van der Waals surface area contributed by atoms with Crippen molar-refractivity contribution in [2.45, 2.75) is 0 Å². The summed E-state index contributed by atoms with van der Waals surface area (Å²) < 4.78 is 13.5. The summed E-state index contributed by atoms with van der Waals surface area (Å²) in [6, 6.07) is 0. The zero-order valence-electron chi connectivity index (χ0n) is 3.65. The van der Waals surface area contributed by atoms with Crippen molar-refractivity contribution in [1.29, 1.82) is 0 Å². The van der Waals surface area contributed by atoms with E-state index < -0.39 is 0 Å². The molecule has 3 heteroatoms. The maximum atomic E-state index is 8.35. The van der Waals surface area contributed by atoms with Gasteiger partial charge in [-0.3, -0.25) is 6.77 Å². The van der Waals surface area contributed by atoms with Crippen LogP contribution in [-0.2, 0) is 26.6 Å². The van der Waals surface area contributed by atoms with Gasteiger partial charge < -0.3 is 12.2 Å². The molecule has 5 heavy (non-hydrogen) atoms. The van der Waals surface area contributed by atoms with Crippen LogP contribution in [0.3, 0.4) is 0 Å². The Labute approximate surface area is 42.9 Å². The first kappa shape index (κ1) is 8.92. The van der Waals surface area contributed by atoms with Crippen LogP contribution in [0.4, 0.5) is 0 Å². The van der Waals surface area contributed by atoms with E-state index in [1.54, 1.807) is 0 Å². The van der Waals surface area contributed by atoms with Crippen LogP contribution >= 0.6 is 0 Å². The second-order valence-electron chi connectivity index (χ2n) is 0. The van der Waals surface area contributed by atoms with Gasteiger partial charge in [0.25, 0.3) is 0 Å². The second kappa shape index (κ2) is 4490. The molecule has 0 aromatic carbocycles. The van der Waals surface area contributed by atoms with Gasteiger partial charge >= 0.3 is 21.8 Å². The summed E-state index contributed by atoms with van der Waals surface area (Å²) >= 11 is 1.30. The molecule has 0 radical (unpaired) electrons. The van der Waals surface area contributed by atoms with Gasteiger partial charge in [0.1, 0.15) is 0 Å². The van der Waals surface area contributed by atoms with Crippen molar-refractivity contribution in [3.05, 3.63) is 7.43 Å². The minimum absolute atomic E-state index is 0. The molecule has 0 fully saturated rings. The molecule has 35 valence electrons. The Morgan fingerprint density at radius 1 is 1.80 bits per heavy atom. The van der Waals surface area contributed by atoms with Crippen molar-refractivity contribution in [3.63, 3.8) is 0 Å². The average molecular weight is 164 g/mol. The Morgan fingerprint density at radius 2 is 1.80 bits per heavy atom. The molecular formula is C2H4O2Rh-2. The SMILES string of the molecule is [2H][C-]=O.[CH3-].[O]=[Rh]. The van der Waals surface area contributed by atoms with Gasteiger partial charge in [-0.1, -0.05) is 0 Å². The van der Waals surface area contributed by atoms with Gasteiger partial charge in [0, 0.05) is 0 Å². The van der Waals surface area contributed by atoms with E-state index in [-0.39, 0.29) is 7.43 Å². The van der Waals surface area contributed by atoms with Crippen molar-refractivity contribution in [1.82, 2.24) is 0 Å². The molecule has 0 N–H and O–H groups in total. The molecule has 0 rings (SSSR count). The van der Waals surface area contributed by atoms with E-state index in [9.17, 15) is 0 Å². The fraction of sp³-hybridized carbons (Fsp3) is 0. The first-order valence-corrected chi connectivity index (χ1v) is 1.01. The molecule has 0 aliphatic heterocycles. The molecule has 2 nitrogen and oxygen atoms in total. The van der Waals surface area contributed by atoms with Gasteiger partial charge in [0.15, 0.2) is 0 Å². The summed E-state index contributed by atoms with van der Waals surface area (Å²) in [7, 11) is 0. The number of rotatable bonds is 0. The van der Waals surface area contributed by atoms with E-state index in [1.165, 1.54) is 18.3 Å². The Morgan fingerprint density at radius 3 is 1.80 bits per heavy atom. The van der Waals surface area contributed by atoms with Crippen LogP contribution in [0.2, 0.25) is 0 Å². The van der Waals surface area contributed by atoms with Crippen molar-refractivity contribution < 1.29 is 28.0 Å². The van der Waals surface area contributed by atoms with E-state index in [2.05, 4.69) is 0 Å². The summed E-state index contributed by atoms with van der Waals surface area (Å²) in [5.74, 6) is 0. The molecule has 0 bridgehead atoms. The van der Waals surface area contributed by atoms with Gasteiger partial charge in [-0.2, -0.15) is 1.37 Å². The molecule has 0 saturated heterocycles. The predicted molar refractivity (Wildman–Crippen MR) is 13.9 cm³/mol. The van der Waals surface area contributed by atoms with E-state index >= 15 is 0 Å². The van der Waals surface area contributed by atoms with Gasteiger partial charge in [-0.05, 0) is 0 Å². The molecule has 0 aliphatic rings. The molecule has 0 unspecified atom stereocenters. The Hall–Kier alpha value is 0.0934. The zero-order valence-corrected chi connectivity index (χ0v) is 4.29. The summed E-state index contributed by atoms with van der Waals surface area (Å²) in [5, 5.41) is 0. The molecule has 0 aromatic rings. The van der Waals surface area contributed by atoms with E-state index in [0.29, 0.717) is 0 Å². The van der Waals surface area contributed by atoms with Crippen LogP contribution in [-0.4, -0.2) is 6.77 Å². The third-order valence-corrected chi connectivity index (χ3v) is 0. The van der Waals surface area contributed by atoms with Crippen molar-refractivity contribution in [2.24, 2.45) is 0 Å². The third-order valence-electron chi connectivity index (χ3n) is 0. The number of carbonyl (C=O) groups excluding carboxylic acids is 1. The normalized spacial score (nSPS) is 3.80. The average Bonchev–Trinajstić information content (AvgIpc) is 1.46. The first-order chi connectivity index (χ1) is 2.41. The summed E-state index contributed by atoms with van der Waals surface area (Å²) in [6.07, 6.45) is 0. The molecule has 0 amide bonds. The molecular weight excluding hydrogens is 159 g/mol. The van der Waals surface area contributed by atoms with E-state index in [1.807, 2.05) is 0 Å². The Bertz CT molecular complexity index is 25.5. The third kappa shape index (κ3) is 2060. The predicted octanol–water partition coefficient (Wildman–Crippen LogP) is 0.0549. The zero-order chi connectivity index (χ0) is 4.71. The van der Waals surface area contributed by atoms with Crippen LogP contribution in [0.1, 0.15) is 1.37 Å². The van der Waals surface area contributed by atoms with Crippen LogP contribution < -0.4 is 0 Å². The number of hydrogen-bond acceptors (Lipinski definition) is 2. The molecule has 0 heterocycles. The fourth-order valence-electron chi connectivity index (χ4n) is 0. The van der Waals surface area contributed by atoms with Crippen LogP contribution in [0.5, 0.6) is 0 Å². The van der Waals surface area contributed by atoms with Gasteiger partial charge in [-0.15, -0.1) is 0 Å². The van der Waals surface area contributed by atoms with Gasteiger partial charge in [-0.25, -0.2) is 0 Å². The number of hydrogen-bond donors (Lipinski definition) is 0. The van der Waals surface area contributed by atoms with Crippen molar-refractivity contribution >= 4 is 6.77 Å². The summed E-state index contributed by atoms with van der Waals surface area (Å²) in [4.78, 5) is 8.35. The molecule has 0 aromatic heterocycles. The maximum absolute atomic E-state index is 8.35. The van der Waals surface area contributed by atoms with Crippen LogP contribution in [0.15, 0.2) is 0 Å². The van der Waals surface area contributed by atoms with Crippen molar-refractivity contribution in [3.8, 4) is 0 Å². The van der Waals surface area contributed by atoms with Crippen LogP contribution in [0.25, 0.3) is 0 Å². The molecule has 0 saturated carbocycles. The molecule has 0 atom stereocenters.